The highest BCUT2D eigenvalue weighted by Crippen LogP contribution is 2.51. The number of imidazole rings is 1. The van der Waals surface area contributed by atoms with E-state index in [0.717, 1.165) is 0 Å². The lowest BCUT2D eigenvalue weighted by atomic mass is 10.0. The van der Waals surface area contributed by atoms with E-state index in [2.05, 4.69) is 19.9 Å². The Labute approximate surface area is 235 Å². The second-order valence-corrected chi connectivity index (χ2v) is 12.3. The number of aliphatic hydroxyl groups is 1. The van der Waals surface area contributed by atoms with E-state index in [1.165, 1.54) is 23.3 Å². The Hall–Kier alpha value is -3.28. The number of H-pyrrole nitrogens is 1. The van der Waals surface area contributed by atoms with Crippen LogP contribution >= 0.6 is 6.72 Å². The van der Waals surface area contributed by atoms with Crippen LogP contribution in [0.1, 0.15) is 19.6 Å². The van der Waals surface area contributed by atoms with Crippen molar-refractivity contribution in [2.45, 2.75) is 44.2 Å². The smallest absolute Gasteiger partial charge is 0.325 e. The van der Waals surface area contributed by atoms with E-state index >= 15 is 4.39 Å². The molecule has 6 rings (SSSR count). The molecule has 2 bridgehead atoms. The van der Waals surface area contributed by atoms with Gasteiger partial charge in [0.15, 0.2) is 24.2 Å². The minimum atomic E-state index is -4.14. The number of hydrogen-bond donors (Lipinski definition) is 5. The molecule has 4 aromatic rings. The molecule has 4 aromatic heterocycles. The van der Waals surface area contributed by atoms with Crippen LogP contribution in [-0.2, 0) is 30.3 Å². The molecule has 218 valence electrons. The molecule has 6 atom stereocenters. The Morgan fingerprint density at radius 3 is 2.93 bits per heavy atom. The van der Waals surface area contributed by atoms with E-state index in [-0.39, 0.29) is 29.9 Å². The Kier molecular flexibility index (Phi) is 7.15. The number of nitrogen functional groups attached to an aromatic ring is 2. The number of ether oxygens (including phenoxy) is 2. The van der Waals surface area contributed by atoms with Crippen LogP contribution in [0.25, 0.3) is 27.8 Å². The normalized spacial score (nSPS) is 30.8. The van der Waals surface area contributed by atoms with Crippen molar-refractivity contribution in [1.82, 2.24) is 29.1 Å². The quantitative estimate of drug-likeness (QED) is 0.203. The highest BCUT2D eigenvalue weighted by Gasteiger charge is 2.50. The van der Waals surface area contributed by atoms with Gasteiger partial charge in [0.25, 0.3) is 5.56 Å². The second-order valence-electron chi connectivity index (χ2n) is 9.54. The molecule has 18 heteroatoms. The standard InChI is InChI=1S/C23H26FN8O7PS/c1-10(31-4-2-12-19(26)27-8-28-20(12)31)11-3-5-36-23-16(24)18(39-40(35,41)37-7-14(11)33)22(38-23)32-9-29-17-13(32)6-15(25)30-21(17)34/h2,4,6,8-9,14,16,18,22-23,33H,3,5,7H2,1H3,(H,35,41)(H3,25,30,34)(H2,26,27,28)/b11-10-/t14-,16+,18-,22-,23?,40?/m1/s1. The number of alkyl halides is 1. The molecule has 0 saturated carbocycles. The maximum absolute atomic E-state index is 15.7. The fourth-order valence-corrected chi connectivity index (χ4v) is 6.45. The molecule has 0 aliphatic carbocycles. The van der Waals surface area contributed by atoms with Gasteiger partial charge in [0.1, 0.15) is 35.8 Å². The summed E-state index contributed by atoms with van der Waals surface area (Å²) >= 11 is 5.17. The molecule has 2 saturated heterocycles. The fraction of sp³-hybridized carbons (Fsp3) is 0.391. The van der Waals surface area contributed by atoms with Crippen LogP contribution in [0.15, 0.2) is 41.4 Å². The average Bonchev–Trinajstić information content (AvgIpc) is 3.62. The van der Waals surface area contributed by atoms with E-state index in [0.29, 0.717) is 28.1 Å². The number of hydrogen-bond acceptors (Lipinski definition) is 12. The van der Waals surface area contributed by atoms with Crippen molar-refractivity contribution in [1.29, 1.82) is 0 Å². The molecular formula is C23H26FN8O7PS. The number of pyridine rings is 1. The van der Waals surface area contributed by atoms with Crippen molar-refractivity contribution in [2.75, 3.05) is 24.7 Å². The lowest BCUT2D eigenvalue weighted by Gasteiger charge is -2.27. The first-order valence-electron chi connectivity index (χ1n) is 12.4. The molecule has 41 heavy (non-hydrogen) atoms. The third-order valence-corrected chi connectivity index (χ3v) is 8.60. The minimum absolute atomic E-state index is 0.0388. The molecule has 6 heterocycles. The van der Waals surface area contributed by atoms with Gasteiger partial charge in [-0.1, -0.05) is 0 Å². The van der Waals surface area contributed by atoms with Gasteiger partial charge in [0.2, 0.25) is 0 Å². The number of aliphatic hydroxyl groups excluding tert-OH is 1. The Morgan fingerprint density at radius 1 is 1.32 bits per heavy atom. The second kappa shape index (κ2) is 10.5. The Balaban J connectivity index is 1.35. The summed E-state index contributed by atoms with van der Waals surface area (Å²) in [7, 11) is 0. The van der Waals surface area contributed by atoms with Crippen molar-refractivity contribution in [3.05, 3.63) is 46.9 Å². The number of fused-ring (bicyclic) bond motifs is 4. The van der Waals surface area contributed by atoms with Crippen molar-refractivity contribution in [3.8, 4) is 0 Å². The van der Waals surface area contributed by atoms with Crippen molar-refractivity contribution in [3.63, 3.8) is 0 Å². The minimum Gasteiger partial charge on any atom is -0.386 e. The van der Waals surface area contributed by atoms with Gasteiger partial charge in [0, 0.05) is 18.0 Å². The Bertz CT molecular complexity index is 1780. The number of nitrogens with zero attached hydrogens (tertiary/aromatic N) is 5. The molecular weight excluding hydrogens is 582 g/mol. The van der Waals surface area contributed by atoms with Crippen LogP contribution in [0.4, 0.5) is 16.0 Å². The van der Waals surface area contributed by atoms with Gasteiger partial charge in [0.05, 0.1) is 30.4 Å². The van der Waals surface area contributed by atoms with E-state index in [1.807, 2.05) is 0 Å². The summed E-state index contributed by atoms with van der Waals surface area (Å²) in [4.78, 5) is 38.0. The molecule has 0 radical (unpaired) electrons. The van der Waals surface area contributed by atoms with Crippen molar-refractivity contribution in [2.24, 2.45) is 0 Å². The zero-order valence-corrected chi connectivity index (χ0v) is 23.2. The maximum Gasteiger partial charge on any atom is 0.325 e. The third-order valence-electron chi connectivity index (χ3n) is 7.04. The van der Waals surface area contributed by atoms with Gasteiger partial charge in [-0.05, 0) is 36.8 Å². The van der Waals surface area contributed by atoms with Gasteiger partial charge in [-0.15, -0.1) is 0 Å². The first kappa shape index (κ1) is 27.9. The monoisotopic (exact) mass is 608 g/mol. The number of halogens is 1. The predicted molar refractivity (Wildman–Crippen MR) is 148 cm³/mol. The van der Waals surface area contributed by atoms with Gasteiger partial charge >= 0.3 is 6.72 Å². The first-order valence-corrected chi connectivity index (χ1v) is 15.0. The van der Waals surface area contributed by atoms with E-state index < -0.39 is 49.8 Å². The third kappa shape index (κ3) is 5.04. The summed E-state index contributed by atoms with van der Waals surface area (Å²) in [6, 6.07) is 3.18. The summed E-state index contributed by atoms with van der Waals surface area (Å²) in [6.07, 6.45) is -2.91. The zero-order chi connectivity index (χ0) is 29.1. The SMILES string of the molecule is C/C(=C1\CCOC2O[C@@H](n3cnc4c(=O)[nH]c(N)cc43)[C@H](OP(O)(=S)OC[C@H]1O)[C@@H]2F)n1ccc2c(N)ncnc21. The lowest BCUT2D eigenvalue weighted by molar-refractivity contribution is -0.165. The maximum atomic E-state index is 15.7. The number of aromatic amines is 1. The number of anilines is 2. The van der Waals surface area contributed by atoms with E-state index in [9.17, 15) is 14.8 Å². The number of nitrogens with one attached hydrogen (secondary N) is 1. The zero-order valence-electron chi connectivity index (χ0n) is 21.5. The summed E-state index contributed by atoms with van der Waals surface area (Å²) < 4.78 is 41.5. The van der Waals surface area contributed by atoms with Crippen LogP contribution < -0.4 is 17.0 Å². The number of nitrogens with two attached hydrogens (primary N) is 2. The van der Waals surface area contributed by atoms with Gasteiger partial charge in [-0.25, -0.2) is 19.3 Å². The van der Waals surface area contributed by atoms with Crippen molar-refractivity contribution < 1.29 is 32.9 Å². The highest BCUT2D eigenvalue weighted by molar-refractivity contribution is 8.07. The van der Waals surface area contributed by atoms with Crippen LogP contribution in [-0.4, -0.2) is 77.0 Å². The molecule has 0 aromatic carbocycles. The van der Waals surface area contributed by atoms with Gasteiger partial charge in [-0.2, -0.15) is 0 Å². The molecule has 2 aliphatic rings. The van der Waals surface area contributed by atoms with Gasteiger partial charge in [-0.3, -0.25) is 9.32 Å². The number of allylic oxidation sites excluding steroid dienone is 1. The van der Waals surface area contributed by atoms with Gasteiger partial charge < -0.3 is 49.6 Å². The molecule has 2 aliphatic heterocycles. The summed E-state index contributed by atoms with van der Waals surface area (Å²) in [5.41, 5.74) is 13.0. The predicted octanol–water partition coefficient (Wildman–Crippen LogP) is 1.16. The van der Waals surface area contributed by atoms with Crippen LogP contribution in [0.5, 0.6) is 0 Å². The van der Waals surface area contributed by atoms with Crippen LogP contribution in [0, 0.1) is 0 Å². The lowest BCUT2D eigenvalue weighted by Crippen LogP contribution is -2.33. The topological polar surface area (TPSA) is 211 Å². The van der Waals surface area contributed by atoms with Crippen molar-refractivity contribution >= 4 is 57.9 Å². The molecule has 15 nitrogen and oxygen atoms in total. The van der Waals surface area contributed by atoms with E-state index in [4.69, 9.17) is 41.8 Å². The van der Waals surface area contributed by atoms with E-state index in [1.54, 1.807) is 23.8 Å². The fourth-order valence-electron chi connectivity index (χ4n) is 5.05. The number of aromatic nitrogens is 6. The van der Waals surface area contributed by atoms with Crippen LogP contribution in [0.2, 0.25) is 0 Å². The molecule has 0 amide bonds. The largest absolute Gasteiger partial charge is 0.386 e. The summed E-state index contributed by atoms with van der Waals surface area (Å²) in [6.45, 7) is -2.89. The molecule has 2 unspecified atom stereocenters. The summed E-state index contributed by atoms with van der Waals surface area (Å²) in [5, 5.41) is 11.7. The highest BCUT2D eigenvalue weighted by atomic mass is 32.5. The average molecular weight is 609 g/mol. The molecule has 7 N–H and O–H groups in total. The Morgan fingerprint density at radius 2 is 2.12 bits per heavy atom. The summed E-state index contributed by atoms with van der Waals surface area (Å²) in [5.74, 6) is 0.351. The first-order chi connectivity index (χ1) is 19.5. The van der Waals surface area contributed by atoms with Crippen LogP contribution in [0.3, 0.4) is 0 Å². The number of rotatable bonds is 2. The molecule has 0 spiro atoms. The molecule has 2 fully saturated rings.